The summed E-state index contributed by atoms with van der Waals surface area (Å²) in [6, 6.07) is 13.1. The first-order valence-corrected chi connectivity index (χ1v) is 8.42. The molecule has 0 spiro atoms. The number of rotatable bonds is 9. The van der Waals surface area contributed by atoms with Crippen LogP contribution in [0.2, 0.25) is 0 Å². The molecule has 0 N–H and O–H groups in total. The van der Waals surface area contributed by atoms with E-state index < -0.39 is 0 Å². The largest absolute Gasteiger partial charge is 0.103 e. The maximum Gasteiger partial charge on any atom is -0.00939 e. The van der Waals surface area contributed by atoms with Crippen LogP contribution in [0.5, 0.6) is 0 Å². The molecule has 0 bridgehead atoms. The van der Waals surface area contributed by atoms with Gasteiger partial charge in [0.15, 0.2) is 0 Å². The molecule has 0 aliphatic carbocycles. The molecule has 0 aliphatic rings. The van der Waals surface area contributed by atoms with Crippen molar-refractivity contribution in [1.82, 2.24) is 0 Å². The molecule has 122 valence electrons. The Balaban J connectivity index is 2.81. The van der Waals surface area contributed by atoms with Crippen LogP contribution in [0.1, 0.15) is 22.3 Å². The van der Waals surface area contributed by atoms with Crippen molar-refractivity contribution in [3.8, 4) is 11.1 Å². The molecular weight excluding hydrogens is 288 g/mol. The van der Waals surface area contributed by atoms with Gasteiger partial charge in [0.2, 0.25) is 0 Å². The molecule has 0 atom stereocenters. The van der Waals surface area contributed by atoms with Gasteiger partial charge >= 0.3 is 0 Å². The maximum atomic E-state index is 3.93. The lowest BCUT2D eigenvalue weighted by atomic mass is 9.84. The van der Waals surface area contributed by atoms with Crippen molar-refractivity contribution >= 4 is 0 Å². The second-order valence-electron chi connectivity index (χ2n) is 5.87. The molecule has 0 unspecified atom stereocenters. The Labute approximate surface area is 146 Å². The first-order chi connectivity index (χ1) is 11.8. The standard InChI is InChI=1S/C24H26/c1-5-11-19-15-9-16-20(12-6-2)23(19)24-21(13-7-3)17-10-18-22(24)14-8-4/h5-10,15-18H,1-4,11-14H2. The van der Waals surface area contributed by atoms with E-state index in [1.165, 1.54) is 33.4 Å². The quantitative estimate of drug-likeness (QED) is 0.479. The van der Waals surface area contributed by atoms with Crippen LogP contribution >= 0.6 is 0 Å². The van der Waals surface area contributed by atoms with Gasteiger partial charge in [-0.05, 0) is 59.1 Å². The first kappa shape index (κ1) is 17.7. The van der Waals surface area contributed by atoms with Gasteiger partial charge in [-0.3, -0.25) is 0 Å². The smallest absolute Gasteiger partial charge is 0.00939 e. The van der Waals surface area contributed by atoms with Gasteiger partial charge in [0.25, 0.3) is 0 Å². The Bertz CT molecular complexity index is 625. The summed E-state index contributed by atoms with van der Waals surface area (Å²) >= 11 is 0. The summed E-state index contributed by atoms with van der Waals surface area (Å²) in [5.74, 6) is 0. The molecule has 0 saturated heterocycles. The topological polar surface area (TPSA) is 0 Å². The zero-order valence-corrected chi connectivity index (χ0v) is 14.4. The molecular formula is C24H26. The van der Waals surface area contributed by atoms with Crippen LogP contribution < -0.4 is 0 Å². The summed E-state index contributed by atoms with van der Waals surface area (Å²) in [5.41, 5.74) is 7.90. The van der Waals surface area contributed by atoms with Crippen LogP contribution in [0.15, 0.2) is 87.0 Å². The van der Waals surface area contributed by atoms with E-state index in [0.717, 1.165) is 25.7 Å². The van der Waals surface area contributed by atoms with E-state index in [1.54, 1.807) is 0 Å². The molecule has 24 heavy (non-hydrogen) atoms. The molecule has 0 nitrogen and oxygen atoms in total. The SMILES string of the molecule is C=CCc1cccc(CC=C)c1-c1c(CC=C)cccc1CC=C. The van der Waals surface area contributed by atoms with Crippen LogP contribution in [0.25, 0.3) is 11.1 Å². The summed E-state index contributed by atoms with van der Waals surface area (Å²) in [7, 11) is 0. The van der Waals surface area contributed by atoms with Gasteiger partial charge in [0, 0.05) is 0 Å². The van der Waals surface area contributed by atoms with Crippen molar-refractivity contribution in [2.75, 3.05) is 0 Å². The van der Waals surface area contributed by atoms with Crippen molar-refractivity contribution in [2.45, 2.75) is 25.7 Å². The number of hydrogen-bond donors (Lipinski definition) is 0. The third-order valence-corrected chi connectivity index (χ3v) is 4.18. The van der Waals surface area contributed by atoms with E-state index >= 15 is 0 Å². The lowest BCUT2D eigenvalue weighted by Crippen LogP contribution is -2.01. The fourth-order valence-electron chi connectivity index (χ4n) is 3.25. The highest BCUT2D eigenvalue weighted by atomic mass is 14.2. The average molecular weight is 314 g/mol. The Hall–Kier alpha value is -2.60. The predicted molar refractivity (Wildman–Crippen MR) is 107 cm³/mol. The van der Waals surface area contributed by atoms with Crippen LogP contribution in [0.4, 0.5) is 0 Å². The van der Waals surface area contributed by atoms with Crippen LogP contribution in [-0.2, 0) is 25.7 Å². The van der Waals surface area contributed by atoms with E-state index in [2.05, 4.69) is 62.7 Å². The van der Waals surface area contributed by atoms with Gasteiger partial charge in [0.1, 0.15) is 0 Å². The van der Waals surface area contributed by atoms with Crippen LogP contribution in [-0.4, -0.2) is 0 Å². The van der Waals surface area contributed by atoms with E-state index in [1.807, 2.05) is 24.3 Å². The molecule has 0 saturated carbocycles. The predicted octanol–water partition coefficient (Wildman–Crippen LogP) is 6.27. The molecule has 0 heteroatoms. The highest BCUT2D eigenvalue weighted by Crippen LogP contribution is 2.35. The minimum Gasteiger partial charge on any atom is -0.103 e. The van der Waals surface area contributed by atoms with E-state index in [4.69, 9.17) is 0 Å². The molecule has 0 amide bonds. The van der Waals surface area contributed by atoms with Gasteiger partial charge in [-0.25, -0.2) is 0 Å². The second-order valence-corrected chi connectivity index (χ2v) is 5.87. The molecule has 0 heterocycles. The highest BCUT2D eigenvalue weighted by Gasteiger charge is 2.16. The van der Waals surface area contributed by atoms with Crippen molar-refractivity contribution in [3.63, 3.8) is 0 Å². The Morgan fingerprint density at radius 1 is 0.500 bits per heavy atom. The van der Waals surface area contributed by atoms with Gasteiger partial charge in [0.05, 0.1) is 0 Å². The number of benzene rings is 2. The summed E-state index contributed by atoms with van der Waals surface area (Å²) in [5, 5.41) is 0. The van der Waals surface area contributed by atoms with Crippen LogP contribution in [0.3, 0.4) is 0 Å². The lowest BCUT2D eigenvalue weighted by Gasteiger charge is -2.20. The highest BCUT2D eigenvalue weighted by molar-refractivity contribution is 5.78. The second kappa shape index (κ2) is 8.88. The molecule has 2 aromatic rings. The molecule has 0 aromatic heterocycles. The third-order valence-electron chi connectivity index (χ3n) is 4.18. The zero-order chi connectivity index (χ0) is 17.4. The molecule has 0 fully saturated rings. The van der Waals surface area contributed by atoms with Crippen molar-refractivity contribution in [3.05, 3.63) is 109 Å². The molecule has 0 radical (unpaired) electrons. The van der Waals surface area contributed by atoms with E-state index in [9.17, 15) is 0 Å². The summed E-state index contributed by atoms with van der Waals surface area (Å²) in [6.45, 7) is 15.7. The van der Waals surface area contributed by atoms with Crippen molar-refractivity contribution in [2.24, 2.45) is 0 Å². The molecule has 2 rings (SSSR count). The summed E-state index contributed by atoms with van der Waals surface area (Å²) < 4.78 is 0. The minimum atomic E-state index is 0.857. The normalized spacial score (nSPS) is 10.2. The summed E-state index contributed by atoms with van der Waals surface area (Å²) in [4.78, 5) is 0. The first-order valence-electron chi connectivity index (χ1n) is 8.42. The lowest BCUT2D eigenvalue weighted by molar-refractivity contribution is 1.16. The monoisotopic (exact) mass is 314 g/mol. The Morgan fingerprint density at radius 2 is 0.750 bits per heavy atom. The Kier molecular flexibility index (Phi) is 6.57. The third kappa shape index (κ3) is 3.83. The van der Waals surface area contributed by atoms with Gasteiger partial charge in [-0.2, -0.15) is 0 Å². The number of allylic oxidation sites excluding steroid dienone is 4. The van der Waals surface area contributed by atoms with Gasteiger partial charge in [-0.15, -0.1) is 26.3 Å². The van der Waals surface area contributed by atoms with Crippen molar-refractivity contribution < 1.29 is 0 Å². The van der Waals surface area contributed by atoms with Crippen LogP contribution in [0, 0.1) is 0 Å². The number of hydrogen-bond acceptors (Lipinski definition) is 0. The van der Waals surface area contributed by atoms with Gasteiger partial charge < -0.3 is 0 Å². The van der Waals surface area contributed by atoms with Gasteiger partial charge in [-0.1, -0.05) is 60.7 Å². The zero-order valence-electron chi connectivity index (χ0n) is 14.4. The fraction of sp³-hybridized carbons (Fsp3) is 0.167. The van der Waals surface area contributed by atoms with E-state index in [-0.39, 0.29) is 0 Å². The minimum absolute atomic E-state index is 0.857. The van der Waals surface area contributed by atoms with Crippen molar-refractivity contribution in [1.29, 1.82) is 0 Å². The summed E-state index contributed by atoms with van der Waals surface area (Å²) in [6.07, 6.45) is 11.3. The maximum absolute atomic E-state index is 3.93. The molecule has 2 aromatic carbocycles. The van der Waals surface area contributed by atoms with E-state index in [0.29, 0.717) is 0 Å². The Morgan fingerprint density at radius 3 is 0.958 bits per heavy atom. The molecule has 0 aliphatic heterocycles. The fourth-order valence-corrected chi connectivity index (χ4v) is 3.25. The average Bonchev–Trinajstić information content (AvgIpc) is 2.57.